The zero-order valence-corrected chi connectivity index (χ0v) is 44.2. The molecule has 4 aromatic rings. The summed E-state index contributed by atoms with van der Waals surface area (Å²) in [6, 6.07) is 15.6. The van der Waals surface area contributed by atoms with Gasteiger partial charge in [0.1, 0.15) is 18.2 Å². The number of nitriles is 1. The fourth-order valence-corrected chi connectivity index (χ4v) is 10.4. The maximum Gasteiger partial charge on any atom is 0.417 e. The first kappa shape index (κ1) is 56.5. The number of thiocarbonyl (C=S) groups is 1. The van der Waals surface area contributed by atoms with Gasteiger partial charge in [0.25, 0.3) is 5.91 Å². The van der Waals surface area contributed by atoms with Gasteiger partial charge in [-0.15, -0.1) is 11.3 Å². The number of alkyl halides is 3. The molecule has 0 unspecified atom stereocenters. The maximum atomic E-state index is 15.3. The van der Waals surface area contributed by atoms with Crippen LogP contribution in [0.15, 0.2) is 66.2 Å². The van der Waals surface area contributed by atoms with Crippen molar-refractivity contribution in [3.8, 4) is 22.3 Å². The molecule has 3 aromatic carbocycles. The number of hydrogen-bond acceptors (Lipinski definition) is 11. The molecule has 73 heavy (non-hydrogen) atoms. The average Bonchev–Trinajstić information content (AvgIpc) is 4.00. The van der Waals surface area contributed by atoms with Crippen LogP contribution < -0.4 is 19.9 Å². The number of anilines is 2. The number of Topliss-reactive ketones (excluding diaryl/α,β-unsaturated/α-hetero) is 1. The number of amides is 3. The summed E-state index contributed by atoms with van der Waals surface area (Å²) in [6.07, 6.45) is -1.68. The van der Waals surface area contributed by atoms with Crippen LogP contribution in [0.5, 0.6) is 5.75 Å². The Labute approximate surface area is 434 Å². The lowest BCUT2D eigenvalue weighted by Gasteiger charge is -2.35. The van der Waals surface area contributed by atoms with E-state index < -0.39 is 51.9 Å². The maximum absolute atomic E-state index is 15.3. The third-order valence-corrected chi connectivity index (χ3v) is 14.6. The van der Waals surface area contributed by atoms with Crippen molar-refractivity contribution < 1.29 is 51.0 Å². The van der Waals surface area contributed by atoms with Crippen LogP contribution in [0.1, 0.15) is 115 Å². The predicted molar refractivity (Wildman–Crippen MR) is 275 cm³/mol. The molecule has 0 spiro atoms. The lowest BCUT2D eigenvalue weighted by atomic mass is 9.77. The average molecular weight is 1050 g/mol. The summed E-state index contributed by atoms with van der Waals surface area (Å²) in [5.41, 5.74) is 1.11. The number of ether oxygens (including phenoxy) is 3. The summed E-state index contributed by atoms with van der Waals surface area (Å²) in [6.45, 7) is 16.5. The van der Waals surface area contributed by atoms with Crippen LogP contribution in [0.4, 0.5) is 28.9 Å². The molecule has 19 heteroatoms. The fraction of sp³-hybridized carbons (Fsp3) is 0.500. The number of aryl methyl sites for hydroxylation is 1. The largest absolute Gasteiger partial charge is 0.491 e. The number of nitrogens with one attached hydrogen (secondary N) is 1. The lowest BCUT2D eigenvalue weighted by molar-refractivity contribution is -0.146. The molecule has 2 aliphatic heterocycles. The molecule has 1 aromatic heterocycles. The van der Waals surface area contributed by atoms with Gasteiger partial charge in [0.15, 0.2) is 22.5 Å². The van der Waals surface area contributed by atoms with Crippen molar-refractivity contribution in [1.29, 1.82) is 5.26 Å². The molecular formula is C54H64F4N6O7S2. The van der Waals surface area contributed by atoms with Crippen LogP contribution in [-0.2, 0) is 34.8 Å². The second kappa shape index (κ2) is 24.0. The Hall–Kier alpha value is -5.81. The SMILES string of the molecule is Cc1ncsc1-c1ccc([C@H](C)NC(=O)[C@@H]2C[C@@H](C)CN2C(=O)[C@@H](CC(=O)COCCCOCCCCCOc2ccc(N3C(=S)N(c4ccc(C#N)c(C(F)(F)F)c4)C(=O)C3(C)C)cc2F)C(C)(C)C)cc1. The van der Waals surface area contributed by atoms with E-state index >= 15 is 4.39 Å². The number of aromatic nitrogens is 1. The molecule has 0 radical (unpaired) electrons. The topological polar surface area (TPSA) is 154 Å². The molecule has 4 atom stereocenters. The molecule has 1 N–H and O–H groups in total. The minimum absolute atomic E-state index is 0.00374. The van der Waals surface area contributed by atoms with Gasteiger partial charge in [0, 0.05) is 50.5 Å². The van der Waals surface area contributed by atoms with Gasteiger partial charge in [-0.05, 0) is 125 Å². The normalized spacial score (nSPS) is 17.7. The van der Waals surface area contributed by atoms with E-state index in [9.17, 15) is 37.6 Å². The van der Waals surface area contributed by atoms with Gasteiger partial charge < -0.3 is 29.3 Å². The predicted octanol–water partition coefficient (Wildman–Crippen LogP) is 10.8. The Morgan fingerprint density at radius 2 is 1.63 bits per heavy atom. The Morgan fingerprint density at radius 3 is 2.27 bits per heavy atom. The first-order valence-electron chi connectivity index (χ1n) is 24.4. The highest BCUT2D eigenvalue weighted by atomic mass is 32.1. The van der Waals surface area contributed by atoms with Crippen LogP contribution in [0.2, 0.25) is 0 Å². The van der Waals surface area contributed by atoms with Crippen LogP contribution in [0.25, 0.3) is 10.4 Å². The van der Waals surface area contributed by atoms with E-state index in [0.29, 0.717) is 51.7 Å². The van der Waals surface area contributed by atoms with Gasteiger partial charge in [-0.25, -0.2) is 9.37 Å². The number of nitrogens with zero attached hydrogens (tertiary/aromatic N) is 5. The standard InChI is InChI=1S/C54H64F4N6O7S2/c1-33-25-45(48(66)61-34(2)36-13-15-37(16-14-36)47-35(3)60-32-73-47)62(30-33)49(67)43(52(4,5)6)28-41(65)31-70-23-12-22-69-21-10-9-11-24-71-46-20-19-40(27-44(46)55)64-51(72)63(50(68)53(64,7)8)39-18-17-38(29-59)42(26-39)54(56,57)58/h13-20,26-27,32-34,43,45H,9-12,21-25,28,30-31H2,1-8H3,(H,61,66)/t33-,34+,43-,45+/m1/s1. The second-order valence-corrected chi connectivity index (χ2v) is 21.5. The van der Waals surface area contributed by atoms with E-state index in [4.69, 9.17) is 26.4 Å². The third kappa shape index (κ3) is 13.7. The zero-order valence-electron chi connectivity index (χ0n) is 42.6. The number of ketones is 1. The summed E-state index contributed by atoms with van der Waals surface area (Å²) < 4.78 is 73.6. The number of unbranched alkanes of at least 4 members (excludes halogenated alkanes) is 2. The van der Waals surface area contributed by atoms with Crippen molar-refractivity contribution in [2.75, 3.05) is 49.4 Å². The number of hydrogen-bond donors (Lipinski definition) is 1. The van der Waals surface area contributed by atoms with Crippen molar-refractivity contribution in [3.05, 3.63) is 94.4 Å². The molecule has 2 aliphatic rings. The molecule has 3 heterocycles. The van der Waals surface area contributed by atoms with E-state index in [-0.39, 0.29) is 71.4 Å². The number of halogens is 4. The first-order chi connectivity index (χ1) is 34.4. The Balaban J connectivity index is 0.871. The Morgan fingerprint density at radius 1 is 0.959 bits per heavy atom. The minimum atomic E-state index is -4.85. The smallest absolute Gasteiger partial charge is 0.417 e. The van der Waals surface area contributed by atoms with Crippen molar-refractivity contribution in [3.63, 3.8) is 0 Å². The molecule has 0 saturated carbocycles. The summed E-state index contributed by atoms with van der Waals surface area (Å²) in [5, 5.41) is 12.2. The minimum Gasteiger partial charge on any atom is -0.491 e. The third-order valence-electron chi connectivity index (χ3n) is 13.2. The van der Waals surface area contributed by atoms with Crippen LogP contribution in [-0.4, -0.2) is 89.7 Å². The highest BCUT2D eigenvalue weighted by molar-refractivity contribution is 7.81. The number of carbonyl (C=O) groups is 4. The van der Waals surface area contributed by atoms with Gasteiger partial charge in [-0.3, -0.25) is 24.1 Å². The quantitative estimate of drug-likeness (QED) is 0.0454. The molecule has 2 saturated heterocycles. The van der Waals surface area contributed by atoms with Crippen molar-refractivity contribution >= 4 is 63.5 Å². The van der Waals surface area contributed by atoms with Gasteiger partial charge in [0.2, 0.25) is 11.8 Å². The van der Waals surface area contributed by atoms with E-state index in [0.717, 1.165) is 51.6 Å². The molecular weight excluding hydrogens is 985 g/mol. The monoisotopic (exact) mass is 1050 g/mol. The molecule has 0 bridgehead atoms. The second-order valence-electron chi connectivity index (χ2n) is 20.3. The number of carbonyl (C=O) groups excluding carboxylic acids is 4. The summed E-state index contributed by atoms with van der Waals surface area (Å²) in [5.74, 6) is -2.49. The van der Waals surface area contributed by atoms with Gasteiger partial charge in [0.05, 0.1) is 51.6 Å². The number of thiazole rings is 1. The summed E-state index contributed by atoms with van der Waals surface area (Å²) in [7, 11) is 0. The van der Waals surface area contributed by atoms with E-state index in [1.807, 2.05) is 71.3 Å². The lowest BCUT2D eigenvalue weighted by Crippen LogP contribution is -2.50. The molecule has 0 aliphatic carbocycles. The van der Waals surface area contributed by atoms with Crippen molar-refractivity contribution in [1.82, 2.24) is 15.2 Å². The Bertz CT molecular complexity index is 2680. The van der Waals surface area contributed by atoms with E-state index in [1.54, 1.807) is 16.2 Å². The van der Waals surface area contributed by atoms with E-state index in [1.165, 1.54) is 43.0 Å². The van der Waals surface area contributed by atoms with E-state index in [2.05, 4.69) is 10.3 Å². The van der Waals surface area contributed by atoms with Crippen LogP contribution in [0, 0.1) is 41.3 Å². The number of benzene rings is 3. The number of likely N-dealkylation sites (tertiary alicyclic amines) is 1. The first-order valence-corrected chi connectivity index (χ1v) is 25.7. The number of rotatable bonds is 22. The Kier molecular flexibility index (Phi) is 18.6. The van der Waals surface area contributed by atoms with Gasteiger partial charge in [-0.2, -0.15) is 18.4 Å². The molecule has 13 nitrogen and oxygen atoms in total. The van der Waals surface area contributed by atoms with Crippen molar-refractivity contribution in [2.45, 2.75) is 118 Å². The molecule has 392 valence electrons. The fourth-order valence-electron chi connectivity index (χ4n) is 9.11. The highest BCUT2D eigenvalue weighted by Crippen LogP contribution is 2.41. The van der Waals surface area contributed by atoms with Crippen LogP contribution in [0.3, 0.4) is 0 Å². The van der Waals surface area contributed by atoms with Gasteiger partial charge >= 0.3 is 6.18 Å². The summed E-state index contributed by atoms with van der Waals surface area (Å²) >= 11 is 7.14. The molecule has 6 rings (SSSR count). The highest BCUT2D eigenvalue weighted by Gasteiger charge is 2.51. The van der Waals surface area contributed by atoms with Gasteiger partial charge in [-0.1, -0.05) is 52.0 Å². The molecule has 2 fully saturated rings. The zero-order chi connectivity index (χ0) is 53.4. The van der Waals surface area contributed by atoms with Crippen molar-refractivity contribution in [2.24, 2.45) is 17.3 Å². The molecule has 3 amide bonds. The summed E-state index contributed by atoms with van der Waals surface area (Å²) in [4.78, 5) is 64.1. The van der Waals surface area contributed by atoms with Crippen LogP contribution >= 0.6 is 23.6 Å².